The van der Waals surface area contributed by atoms with Gasteiger partial charge in [-0.3, -0.25) is 14.1 Å². The van der Waals surface area contributed by atoms with Gasteiger partial charge in [-0.1, -0.05) is 42.5 Å². The van der Waals surface area contributed by atoms with E-state index in [9.17, 15) is 18.0 Å². The van der Waals surface area contributed by atoms with Crippen molar-refractivity contribution in [2.24, 2.45) is 17.8 Å². The molecule has 1 amide bonds. The quantitative estimate of drug-likeness (QED) is 0.135. The Labute approximate surface area is 260 Å². The van der Waals surface area contributed by atoms with Gasteiger partial charge in [-0.2, -0.15) is 4.99 Å². The summed E-state index contributed by atoms with van der Waals surface area (Å²) in [4.78, 5) is 37.1. The van der Waals surface area contributed by atoms with E-state index in [4.69, 9.17) is 20.2 Å². The predicted octanol–water partition coefficient (Wildman–Crippen LogP) is 4.33. The number of benzene rings is 3. The summed E-state index contributed by atoms with van der Waals surface area (Å²) in [6.45, 7) is 3.13. The number of imidazole rings is 1. The standard InChI is InChI=1S/C32H32N6O6S/c1-4-43-29(39)20-38(45(41,42)27-10-6-8-22-9-7-17-34-30(22)27)24-15-16-26-25(19-24)35-28(37(26)3)18-21-11-13-23(14-12-21)31(33)36-32(40)44-5-2/h6-17,19H,4-5,18,20H2,1-3H3,(H2,33,36,40). The van der Waals surface area contributed by atoms with Crippen molar-refractivity contribution in [2.45, 2.75) is 25.2 Å². The second kappa shape index (κ2) is 13.1. The molecule has 0 aliphatic carbocycles. The van der Waals surface area contributed by atoms with Gasteiger partial charge in [0.25, 0.3) is 10.0 Å². The van der Waals surface area contributed by atoms with Crippen molar-refractivity contribution in [2.75, 3.05) is 24.1 Å². The van der Waals surface area contributed by atoms with Crippen molar-refractivity contribution in [1.82, 2.24) is 14.5 Å². The zero-order chi connectivity index (χ0) is 32.1. The van der Waals surface area contributed by atoms with Crippen LogP contribution in [0.25, 0.3) is 21.9 Å². The van der Waals surface area contributed by atoms with Gasteiger partial charge < -0.3 is 19.8 Å². The van der Waals surface area contributed by atoms with Gasteiger partial charge in [0.2, 0.25) is 0 Å². The Morgan fingerprint density at radius 3 is 2.44 bits per heavy atom. The van der Waals surface area contributed by atoms with Gasteiger partial charge in [0.1, 0.15) is 23.1 Å². The van der Waals surface area contributed by atoms with E-state index in [0.717, 1.165) is 21.2 Å². The lowest BCUT2D eigenvalue weighted by atomic mass is 10.1. The third-order valence-electron chi connectivity index (χ3n) is 7.08. The van der Waals surface area contributed by atoms with E-state index in [-0.39, 0.29) is 29.6 Å². The summed E-state index contributed by atoms with van der Waals surface area (Å²) in [6, 6.07) is 20.7. The smallest absolute Gasteiger partial charge is 0.435 e. The van der Waals surface area contributed by atoms with Crippen molar-refractivity contribution in [3.63, 3.8) is 0 Å². The lowest BCUT2D eigenvalue weighted by Gasteiger charge is -2.24. The Bertz CT molecular complexity index is 2020. The maximum Gasteiger partial charge on any atom is 0.435 e. The van der Waals surface area contributed by atoms with Gasteiger partial charge in [-0.15, -0.1) is 0 Å². The number of aliphatic imine (C=N–C) groups is 1. The minimum Gasteiger partial charge on any atom is -0.465 e. The second-order valence-corrected chi connectivity index (χ2v) is 11.8. The highest BCUT2D eigenvalue weighted by Crippen LogP contribution is 2.30. The molecule has 5 aromatic rings. The molecule has 3 aromatic carbocycles. The Hall–Kier alpha value is -5.30. The molecule has 2 N–H and O–H groups in total. The molecule has 0 radical (unpaired) electrons. The van der Waals surface area contributed by atoms with Crippen LogP contribution >= 0.6 is 0 Å². The van der Waals surface area contributed by atoms with Crippen LogP contribution in [0.5, 0.6) is 0 Å². The number of esters is 1. The zero-order valence-electron chi connectivity index (χ0n) is 25.0. The van der Waals surface area contributed by atoms with E-state index >= 15 is 0 Å². The molecule has 0 aliphatic rings. The summed E-state index contributed by atoms with van der Waals surface area (Å²) in [7, 11) is -2.38. The fraction of sp³-hybridized carbons (Fsp3) is 0.219. The number of para-hydroxylation sites is 1. The van der Waals surface area contributed by atoms with Crippen LogP contribution in [0.1, 0.15) is 30.8 Å². The van der Waals surface area contributed by atoms with Crippen molar-refractivity contribution in [3.8, 4) is 0 Å². The van der Waals surface area contributed by atoms with Crippen LogP contribution in [0.4, 0.5) is 10.5 Å². The van der Waals surface area contributed by atoms with E-state index in [0.29, 0.717) is 28.4 Å². The molecule has 0 unspecified atom stereocenters. The van der Waals surface area contributed by atoms with Gasteiger partial charge in [0.15, 0.2) is 0 Å². The second-order valence-electron chi connectivity index (χ2n) is 9.98. The molecule has 0 aliphatic heterocycles. The first-order valence-electron chi connectivity index (χ1n) is 14.2. The van der Waals surface area contributed by atoms with E-state index in [2.05, 4.69) is 9.98 Å². The highest BCUT2D eigenvalue weighted by molar-refractivity contribution is 7.93. The summed E-state index contributed by atoms with van der Waals surface area (Å²) in [6.07, 6.45) is 1.24. The van der Waals surface area contributed by atoms with Crippen LogP contribution in [-0.4, -0.2) is 60.6 Å². The molecule has 0 bridgehead atoms. The highest BCUT2D eigenvalue weighted by atomic mass is 32.2. The average molecular weight is 629 g/mol. The number of amidine groups is 1. The maximum atomic E-state index is 14.1. The largest absolute Gasteiger partial charge is 0.465 e. The van der Waals surface area contributed by atoms with E-state index < -0.39 is 28.6 Å². The molecular formula is C32H32N6O6S. The Morgan fingerprint density at radius 1 is 0.978 bits per heavy atom. The molecule has 0 spiro atoms. The number of carbonyl (C=O) groups excluding carboxylic acids is 2. The minimum absolute atomic E-state index is 0.0249. The number of aryl methyl sites for hydroxylation is 1. The lowest BCUT2D eigenvalue weighted by molar-refractivity contribution is -0.141. The van der Waals surface area contributed by atoms with Crippen LogP contribution in [0.2, 0.25) is 0 Å². The number of anilines is 1. The number of hydrogen-bond acceptors (Lipinski definition) is 8. The number of nitrogens with two attached hydrogens (primary N) is 1. The Morgan fingerprint density at radius 2 is 1.71 bits per heavy atom. The number of aromatic nitrogens is 3. The molecule has 0 saturated carbocycles. The molecule has 0 fully saturated rings. The summed E-state index contributed by atoms with van der Waals surface area (Å²) in [5, 5.41) is 0.654. The molecule has 2 aromatic heterocycles. The molecule has 0 atom stereocenters. The maximum absolute atomic E-state index is 14.1. The molecule has 5 rings (SSSR count). The number of rotatable bonds is 10. The topological polar surface area (TPSA) is 159 Å². The third kappa shape index (κ3) is 6.63. The third-order valence-corrected chi connectivity index (χ3v) is 8.88. The number of hydrogen-bond donors (Lipinski definition) is 1. The van der Waals surface area contributed by atoms with Gasteiger partial charge in [0, 0.05) is 30.6 Å². The molecule has 0 saturated heterocycles. The van der Waals surface area contributed by atoms with Crippen LogP contribution in [0, 0.1) is 0 Å². The van der Waals surface area contributed by atoms with Crippen LogP contribution in [0.15, 0.2) is 88.9 Å². The molecule has 12 nitrogen and oxygen atoms in total. The average Bonchev–Trinajstić information content (AvgIpc) is 3.33. The number of fused-ring (bicyclic) bond motifs is 2. The molecule has 232 valence electrons. The number of ether oxygens (including phenoxy) is 2. The van der Waals surface area contributed by atoms with Crippen molar-refractivity contribution in [3.05, 3.63) is 95.9 Å². The number of carbonyl (C=O) groups is 2. The molecule has 45 heavy (non-hydrogen) atoms. The summed E-state index contributed by atoms with van der Waals surface area (Å²) in [5.74, 6) is 0.0884. The van der Waals surface area contributed by atoms with Crippen molar-refractivity contribution >= 4 is 55.5 Å². The fourth-order valence-electron chi connectivity index (χ4n) is 4.89. The van der Waals surface area contributed by atoms with Crippen molar-refractivity contribution < 1.29 is 27.5 Å². The lowest BCUT2D eigenvalue weighted by Crippen LogP contribution is -2.36. The monoisotopic (exact) mass is 628 g/mol. The van der Waals surface area contributed by atoms with Crippen LogP contribution in [-0.2, 0) is 37.8 Å². The van der Waals surface area contributed by atoms with E-state index in [1.165, 1.54) is 12.3 Å². The minimum atomic E-state index is -4.25. The van der Waals surface area contributed by atoms with Crippen LogP contribution < -0.4 is 10.0 Å². The van der Waals surface area contributed by atoms with Gasteiger partial charge >= 0.3 is 12.1 Å². The summed E-state index contributed by atoms with van der Waals surface area (Å²) >= 11 is 0. The van der Waals surface area contributed by atoms with Crippen molar-refractivity contribution in [1.29, 1.82) is 0 Å². The molecular weight excluding hydrogens is 596 g/mol. The van der Waals surface area contributed by atoms with E-state index in [1.54, 1.807) is 68.4 Å². The fourth-order valence-corrected chi connectivity index (χ4v) is 6.46. The summed E-state index contributed by atoms with van der Waals surface area (Å²) < 4.78 is 41.1. The Kier molecular flexibility index (Phi) is 9.09. The first-order chi connectivity index (χ1) is 21.6. The SMILES string of the molecule is CCOC(=O)CN(c1ccc2c(c1)nc(Cc1ccc(C(N)=NC(=O)OCC)cc1)n2C)S(=O)(=O)c1cccc2cccnc12. The molecule has 2 heterocycles. The zero-order valence-corrected chi connectivity index (χ0v) is 25.8. The van der Waals surface area contributed by atoms with Gasteiger partial charge in [0.05, 0.1) is 35.5 Å². The number of sulfonamides is 1. The first kappa shape index (κ1) is 31.1. The highest BCUT2D eigenvalue weighted by Gasteiger charge is 2.30. The summed E-state index contributed by atoms with van der Waals surface area (Å²) in [5.41, 5.74) is 9.32. The normalized spacial score (nSPS) is 11.9. The van der Waals surface area contributed by atoms with E-state index in [1.807, 2.05) is 23.7 Å². The van der Waals surface area contributed by atoms with Crippen LogP contribution in [0.3, 0.4) is 0 Å². The van der Waals surface area contributed by atoms with Gasteiger partial charge in [-0.05, 0) is 49.7 Å². The predicted molar refractivity (Wildman–Crippen MR) is 171 cm³/mol. The number of pyridine rings is 1. The van der Waals surface area contributed by atoms with Gasteiger partial charge in [-0.25, -0.2) is 18.2 Å². The molecule has 13 heteroatoms. The number of amides is 1. The first-order valence-corrected chi connectivity index (χ1v) is 15.6. The number of nitrogens with zero attached hydrogens (tertiary/aromatic N) is 5. The Balaban J connectivity index is 1.48.